The van der Waals surface area contributed by atoms with Crippen molar-refractivity contribution in [2.45, 2.75) is 39.7 Å². The van der Waals surface area contributed by atoms with E-state index in [1.54, 1.807) is 6.07 Å². The van der Waals surface area contributed by atoms with E-state index in [0.29, 0.717) is 11.5 Å². The van der Waals surface area contributed by atoms with Crippen LogP contribution >= 0.6 is 0 Å². The van der Waals surface area contributed by atoms with Gasteiger partial charge in [-0.1, -0.05) is 6.92 Å². The number of nitrogens with zero attached hydrogens (tertiary/aromatic N) is 1. The highest BCUT2D eigenvalue weighted by Gasteiger charge is 2.25. The standard InChI is InChI=1S/C17H27FN2O/c1-4-6-19-13(3)15-9-16(18)12(2)8-17(15)20-7-5-14(10-20)11-21/h8-9,13-14,19,21H,4-7,10-11H2,1-3H3. The van der Waals surface area contributed by atoms with Crippen molar-refractivity contribution in [1.82, 2.24) is 5.32 Å². The van der Waals surface area contributed by atoms with Gasteiger partial charge in [-0.3, -0.25) is 0 Å². The number of nitrogens with one attached hydrogen (secondary N) is 1. The highest BCUT2D eigenvalue weighted by atomic mass is 19.1. The zero-order chi connectivity index (χ0) is 15.4. The zero-order valence-corrected chi connectivity index (χ0v) is 13.3. The average Bonchev–Trinajstić information content (AvgIpc) is 2.96. The minimum Gasteiger partial charge on any atom is -0.396 e. The summed E-state index contributed by atoms with van der Waals surface area (Å²) in [6.45, 7) is 8.97. The fraction of sp³-hybridized carbons (Fsp3) is 0.647. The van der Waals surface area contributed by atoms with Gasteiger partial charge in [0.05, 0.1) is 0 Å². The molecule has 2 N–H and O–H groups in total. The van der Waals surface area contributed by atoms with Crippen LogP contribution in [0.1, 0.15) is 43.9 Å². The van der Waals surface area contributed by atoms with Gasteiger partial charge in [-0.25, -0.2) is 4.39 Å². The van der Waals surface area contributed by atoms with Crippen LogP contribution in [-0.2, 0) is 0 Å². The highest BCUT2D eigenvalue weighted by Crippen LogP contribution is 2.32. The van der Waals surface area contributed by atoms with Crippen molar-refractivity contribution in [2.24, 2.45) is 5.92 Å². The Morgan fingerprint density at radius 1 is 1.48 bits per heavy atom. The van der Waals surface area contributed by atoms with Crippen LogP contribution in [-0.4, -0.2) is 31.3 Å². The van der Waals surface area contributed by atoms with Crippen LogP contribution < -0.4 is 10.2 Å². The first-order valence-corrected chi connectivity index (χ1v) is 7.96. The molecule has 3 nitrogen and oxygen atoms in total. The molecule has 2 unspecified atom stereocenters. The first-order chi connectivity index (χ1) is 10.1. The second-order valence-corrected chi connectivity index (χ2v) is 6.12. The van der Waals surface area contributed by atoms with E-state index in [2.05, 4.69) is 24.1 Å². The second kappa shape index (κ2) is 7.23. The summed E-state index contributed by atoms with van der Waals surface area (Å²) in [5.41, 5.74) is 2.81. The van der Waals surface area contributed by atoms with Gasteiger partial charge in [0.15, 0.2) is 0 Å². The highest BCUT2D eigenvalue weighted by molar-refractivity contribution is 5.57. The maximum Gasteiger partial charge on any atom is 0.126 e. The summed E-state index contributed by atoms with van der Waals surface area (Å²) in [7, 11) is 0. The van der Waals surface area contributed by atoms with Gasteiger partial charge in [-0.05, 0) is 56.5 Å². The molecule has 4 heteroatoms. The van der Waals surface area contributed by atoms with Crippen molar-refractivity contribution < 1.29 is 9.50 Å². The van der Waals surface area contributed by atoms with Crippen molar-refractivity contribution >= 4 is 5.69 Å². The lowest BCUT2D eigenvalue weighted by Crippen LogP contribution is -2.26. The van der Waals surface area contributed by atoms with E-state index in [1.807, 2.05) is 13.0 Å². The van der Waals surface area contributed by atoms with Crippen LogP contribution in [0.3, 0.4) is 0 Å². The summed E-state index contributed by atoms with van der Waals surface area (Å²) in [4.78, 5) is 2.28. The van der Waals surface area contributed by atoms with Gasteiger partial charge in [0.1, 0.15) is 5.82 Å². The van der Waals surface area contributed by atoms with Crippen molar-refractivity contribution in [3.63, 3.8) is 0 Å². The van der Waals surface area contributed by atoms with Gasteiger partial charge >= 0.3 is 0 Å². The van der Waals surface area contributed by atoms with Crippen LogP contribution in [0.5, 0.6) is 0 Å². The van der Waals surface area contributed by atoms with Crippen molar-refractivity contribution in [2.75, 3.05) is 31.1 Å². The minimum atomic E-state index is -0.142. The first kappa shape index (κ1) is 16.2. The lowest BCUT2D eigenvalue weighted by Gasteiger charge is -2.26. The molecule has 0 aliphatic carbocycles. The van der Waals surface area contributed by atoms with Crippen molar-refractivity contribution in [3.05, 3.63) is 29.1 Å². The predicted octanol–water partition coefficient (Wildman–Crippen LogP) is 3.01. The van der Waals surface area contributed by atoms with Crippen molar-refractivity contribution in [1.29, 1.82) is 0 Å². The third-order valence-electron chi connectivity index (χ3n) is 4.36. The van der Waals surface area contributed by atoms with Gasteiger partial charge in [0.25, 0.3) is 0 Å². The molecule has 0 spiro atoms. The lowest BCUT2D eigenvalue weighted by molar-refractivity contribution is 0.238. The molecule has 0 amide bonds. The molecule has 1 saturated heterocycles. The molecule has 1 aromatic rings. The van der Waals surface area contributed by atoms with E-state index < -0.39 is 0 Å². The molecule has 2 atom stereocenters. The molecule has 118 valence electrons. The van der Waals surface area contributed by atoms with E-state index in [-0.39, 0.29) is 18.5 Å². The predicted molar refractivity (Wildman–Crippen MR) is 85.3 cm³/mol. The summed E-state index contributed by atoms with van der Waals surface area (Å²) < 4.78 is 14.0. The third kappa shape index (κ3) is 3.74. The molecule has 1 fully saturated rings. The third-order valence-corrected chi connectivity index (χ3v) is 4.36. The van der Waals surface area contributed by atoms with Crippen LogP contribution in [0.4, 0.5) is 10.1 Å². The molecule has 1 heterocycles. The van der Waals surface area contributed by atoms with Gasteiger partial charge in [0.2, 0.25) is 0 Å². The first-order valence-electron chi connectivity index (χ1n) is 7.96. The number of aryl methyl sites for hydroxylation is 1. The van der Waals surface area contributed by atoms with Gasteiger partial charge in [0, 0.05) is 37.3 Å². The molecule has 1 aliphatic heterocycles. The molecule has 0 bridgehead atoms. The Bertz CT molecular complexity index is 478. The molecule has 2 rings (SSSR count). The second-order valence-electron chi connectivity index (χ2n) is 6.12. The van der Waals surface area contributed by atoms with Gasteiger partial charge in [-0.2, -0.15) is 0 Å². The summed E-state index contributed by atoms with van der Waals surface area (Å²) >= 11 is 0. The summed E-state index contributed by atoms with van der Waals surface area (Å²) in [5.74, 6) is 0.193. The zero-order valence-electron chi connectivity index (χ0n) is 13.3. The van der Waals surface area contributed by atoms with E-state index in [1.165, 1.54) is 0 Å². The number of aliphatic hydroxyl groups is 1. The number of rotatable bonds is 6. The van der Waals surface area contributed by atoms with Crippen molar-refractivity contribution in [3.8, 4) is 0 Å². The number of halogens is 1. The SMILES string of the molecule is CCCNC(C)c1cc(F)c(C)cc1N1CCC(CO)C1. The normalized spacial score (nSPS) is 20.0. The molecule has 0 aromatic heterocycles. The summed E-state index contributed by atoms with van der Waals surface area (Å²) in [6, 6.07) is 3.75. The number of aliphatic hydroxyl groups excluding tert-OH is 1. The minimum absolute atomic E-state index is 0.128. The van der Waals surface area contributed by atoms with E-state index in [4.69, 9.17) is 0 Å². The Balaban J connectivity index is 2.28. The molecular formula is C17H27FN2O. The molecule has 21 heavy (non-hydrogen) atoms. The summed E-state index contributed by atoms with van der Waals surface area (Å²) in [6.07, 6.45) is 2.06. The Morgan fingerprint density at radius 2 is 2.24 bits per heavy atom. The fourth-order valence-electron chi connectivity index (χ4n) is 2.97. The Kier molecular flexibility index (Phi) is 5.59. The Hall–Kier alpha value is -1.13. The smallest absolute Gasteiger partial charge is 0.126 e. The topological polar surface area (TPSA) is 35.5 Å². The Morgan fingerprint density at radius 3 is 2.86 bits per heavy atom. The molecular weight excluding hydrogens is 267 g/mol. The maximum atomic E-state index is 14.0. The Labute approximate surface area is 127 Å². The lowest BCUT2D eigenvalue weighted by atomic mass is 10.0. The quantitative estimate of drug-likeness (QED) is 0.846. The van der Waals surface area contributed by atoms with Crippen LogP contribution in [0, 0.1) is 18.7 Å². The van der Waals surface area contributed by atoms with Gasteiger partial charge in [-0.15, -0.1) is 0 Å². The molecule has 0 radical (unpaired) electrons. The van der Waals surface area contributed by atoms with E-state index in [9.17, 15) is 9.50 Å². The maximum absolute atomic E-state index is 14.0. The monoisotopic (exact) mass is 294 g/mol. The van der Waals surface area contributed by atoms with E-state index >= 15 is 0 Å². The molecule has 1 aliphatic rings. The number of anilines is 1. The number of hydrogen-bond acceptors (Lipinski definition) is 3. The van der Waals surface area contributed by atoms with Crippen LogP contribution in [0.15, 0.2) is 12.1 Å². The van der Waals surface area contributed by atoms with Gasteiger partial charge < -0.3 is 15.3 Å². The van der Waals surface area contributed by atoms with Crippen LogP contribution in [0.25, 0.3) is 0 Å². The van der Waals surface area contributed by atoms with Crippen LogP contribution in [0.2, 0.25) is 0 Å². The molecule has 1 aromatic carbocycles. The largest absolute Gasteiger partial charge is 0.396 e. The average molecular weight is 294 g/mol. The van der Waals surface area contributed by atoms with E-state index in [0.717, 1.165) is 43.7 Å². The number of hydrogen-bond donors (Lipinski definition) is 2. The molecule has 0 saturated carbocycles. The fourth-order valence-corrected chi connectivity index (χ4v) is 2.97. The number of benzene rings is 1. The summed E-state index contributed by atoms with van der Waals surface area (Å²) in [5, 5.41) is 12.8.